The second-order valence-electron chi connectivity index (χ2n) is 5.74. The van der Waals surface area contributed by atoms with E-state index >= 15 is 0 Å². The molecule has 132 valence electrons. The fourth-order valence-corrected chi connectivity index (χ4v) is 2.54. The highest BCUT2D eigenvalue weighted by molar-refractivity contribution is 5.98. The number of nitro benzene ring substituents is 1. The Hall–Kier alpha value is -2.93. The molecule has 7 heteroatoms. The summed E-state index contributed by atoms with van der Waals surface area (Å²) in [5.74, 6) is -0.114. The molecule has 0 aromatic heterocycles. The average Bonchev–Trinajstić information content (AvgIpc) is 2.61. The van der Waals surface area contributed by atoms with Gasteiger partial charge < -0.3 is 15.0 Å². The predicted molar refractivity (Wildman–Crippen MR) is 94.9 cm³/mol. The van der Waals surface area contributed by atoms with E-state index in [0.29, 0.717) is 12.3 Å². The van der Waals surface area contributed by atoms with Crippen LogP contribution in [0.15, 0.2) is 48.5 Å². The van der Waals surface area contributed by atoms with Gasteiger partial charge in [-0.05, 0) is 31.8 Å². The molecule has 0 bridgehead atoms. The fraction of sp³-hybridized carbons (Fsp3) is 0.278. The standard InChI is InChI=1S/C18H21N3O4/c1-20(2)17(13-7-5-4-6-8-13)12-19-18(22)15-11-14(25-3)9-10-16(15)21(23)24/h4-11,17H,12H2,1-3H3,(H,19,22). The van der Waals surface area contributed by atoms with Crippen LogP contribution in [0.4, 0.5) is 5.69 Å². The first-order valence-corrected chi connectivity index (χ1v) is 7.76. The number of ether oxygens (including phenoxy) is 1. The first-order valence-electron chi connectivity index (χ1n) is 7.76. The number of methoxy groups -OCH3 is 1. The van der Waals surface area contributed by atoms with E-state index in [0.717, 1.165) is 5.56 Å². The van der Waals surface area contributed by atoms with Crippen molar-refractivity contribution in [1.82, 2.24) is 10.2 Å². The van der Waals surface area contributed by atoms with Crippen molar-refractivity contribution in [2.45, 2.75) is 6.04 Å². The lowest BCUT2D eigenvalue weighted by molar-refractivity contribution is -0.385. The van der Waals surface area contributed by atoms with E-state index < -0.39 is 10.8 Å². The number of hydrogen-bond acceptors (Lipinski definition) is 5. The smallest absolute Gasteiger partial charge is 0.282 e. The molecule has 0 fully saturated rings. The highest BCUT2D eigenvalue weighted by atomic mass is 16.6. The van der Waals surface area contributed by atoms with Gasteiger partial charge in [-0.15, -0.1) is 0 Å². The Morgan fingerprint density at radius 1 is 1.24 bits per heavy atom. The third kappa shape index (κ3) is 4.54. The van der Waals surface area contributed by atoms with Crippen LogP contribution in [0, 0.1) is 10.1 Å². The van der Waals surface area contributed by atoms with Gasteiger partial charge in [0, 0.05) is 12.6 Å². The monoisotopic (exact) mass is 343 g/mol. The van der Waals surface area contributed by atoms with Crippen molar-refractivity contribution < 1.29 is 14.5 Å². The highest BCUT2D eigenvalue weighted by Crippen LogP contribution is 2.24. The lowest BCUT2D eigenvalue weighted by atomic mass is 10.1. The Morgan fingerprint density at radius 3 is 2.48 bits per heavy atom. The van der Waals surface area contributed by atoms with Crippen molar-refractivity contribution in [3.05, 3.63) is 69.8 Å². The Kier molecular flexibility index (Phi) is 6.08. The zero-order valence-electron chi connectivity index (χ0n) is 14.4. The Bertz CT molecular complexity index is 747. The molecule has 1 unspecified atom stereocenters. The first-order chi connectivity index (χ1) is 11.9. The molecule has 0 spiro atoms. The van der Waals surface area contributed by atoms with E-state index in [1.54, 1.807) is 0 Å². The van der Waals surface area contributed by atoms with E-state index in [2.05, 4.69) is 5.32 Å². The number of carbonyl (C=O) groups is 1. The van der Waals surface area contributed by atoms with Crippen LogP contribution >= 0.6 is 0 Å². The first kappa shape index (κ1) is 18.4. The number of amides is 1. The predicted octanol–water partition coefficient (Wildman–Crippen LogP) is 2.64. The van der Waals surface area contributed by atoms with Crippen molar-refractivity contribution in [3.8, 4) is 5.75 Å². The van der Waals surface area contributed by atoms with Gasteiger partial charge in [0.2, 0.25) is 0 Å². The molecular formula is C18H21N3O4. The summed E-state index contributed by atoms with van der Waals surface area (Å²) < 4.78 is 5.06. The van der Waals surface area contributed by atoms with Crippen LogP contribution in [0.1, 0.15) is 22.0 Å². The largest absolute Gasteiger partial charge is 0.497 e. The molecule has 2 aromatic carbocycles. The Balaban J connectivity index is 2.20. The maximum absolute atomic E-state index is 12.5. The summed E-state index contributed by atoms with van der Waals surface area (Å²) in [7, 11) is 5.27. The summed E-state index contributed by atoms with van der Waals surface area (Å²) >= 11 is 0. The third-order valence-corrected chi connectivity index (χ3v) is 3.91. The maximum atomic E-state index is 12.5. The van der Waals surface area contributed by atoms with E-state index in [-0.39, 0.29) is 17.3 Å². The summed E-state index contributed by atoms with van der Waals surface area (Å²) in [6, 6.07) is 13.8. The minimum absolute atomic E-state index is 0.0186. The summed E-state index contributed by atoms with van der Waals surface area (Å²) in [6.07, 6.45) is 0. The fourth-order valence-electron chi connectivity index (χ4n) is 2.54. The number of nitro groups is 1. The Morgan fingerprint density at radius 2 is 1.92 bits per heavy atom. The van der Waals surface area contributed by atoms with Crippen molar-refractivity contribution in [2.24, 2.45) is 0 Å². The molecule has 1 atom stereocenters. The van der Waals surface area contributed by atoms with Gasteiger partial charge in [-0.1, -0.05) is 30.3 Å². The van der Waals surface area contributed by atoms with Gasteiger partial charge in [-0.25, -0.2) is 0 Å². The molecule has 2 rings (SSSR count). The number of hydrogen-bond donors (Lipinski definition) is 1. The van der Waals surface area contributed by atoms with Gasteiger partial charge in [0.05, 0.1) is 18.1 Å². The van der Waals surface area contributed by atoms with Crippen molar-refractivity contribution >= 4 is 11.6 Å². The molecule has 0 aliphatic heterocycles. The Labute approximate surface area is 146 Å². The van der Waals surface area contributed by atoms with Crippen molar-refractivity contribution in [2.75, 3.05) is 27.7 Å². The summed E-state index contributed by atoms with van der Waals surface area (Å²) in [5.41, 5.74) is 0.780. The van der Waals surface area contributed by atoms with Crippen LogP contribution < -0.4 is 10.1 Å². The number of nitrogens with one attached hydrogen (secondary N) is 1. The topological polar surface area (TPSA) is 84.7 Å². The molecule has 0 aliphatic carbocycles. The summed E-state index contributed by atoms with van der Waals surface area (Å²) in [5, 5.41) is 14.0. The summed E-state index contributed by atoms with van der Waals surface area (Å²) in [4.78, 5) is 25.1. The van der Waals surface area contributed by atoms with Gasteiger partial charge >= 0.3 is 0 Å². The molecule has 2 aromatic rings. The zero-order chi connectivity index (χ0) is 18.4. The van der Waals surface area contributed by atoms with Crippen LogP contribution in [0.2, 0.25) is 0 Å². The van der Waals surface area contributed by atoms with Crippen LogP contribution in [0.25, 0.3) is 0 Å². The molecule has 0 radical (unpaired) electrons. The molecule has 7 nitrogen and oxygen atoms in total. The quantitative estimate of drug-likeness (QED) is 0.617. The SMILES string of the molecule is COc1ccc([N+](=O)[O-])c(C(=O)NCC(c2ccccc2)N(C)C)c1. The van der Waals surface area contributed by atoms with Crippen molar-refractivity contribution in [1.29, 1.82) is 0 Å². The number of likely N-dealkylation sites (N-methyl/N-ethyl adjacent to an activating group) is 1. The van der Waals surface area contributed by atoms with Crippen LogP contribution in [0.5, 0.6) is 5.75 Å². The van der Waals surface area contributed by atoms with E-state index in [4.69, 9.17) is 4.74 Å². The minimum Gasteiger partial charge on any atom is -0.497 e. The van der Waals surface area contributed by atoms with E-state index in [9.17, 15) is 14.9 Å². The van der Waals surface area contributed by atoms with Gasteiger partial charge in [0.25, 0.3) is 11.6 Å². The van der Waals surface area contributed by atoms with Crippen LogP contribution in [-0.4, -0.2) is 43.5 Å². The van der Waals surface area contributed by atoms with Gasteiger partial charge in [-0.3, -0.25) is 14.9 Å². The minimum atomic E-state index is -0.574. The lowest BCUT2D eigenvalue weighted by Gasteiger charge is -2.25. The molecule has 0 aliphatic rings. The van der Waals surface area contributed by atoms with Crippen LogP contribution in [0.3, 0.4) is 0 Å². The molecule has 1 amide bonds. The molecule has 0 heterocycles. The van der Waals surface area contributed by atoms with Gasteiger partial charge in [0.1, 0.15) is 11.3 Å². The molecule has 25 heavy (non-hydrogen) atoms. The molecule has 1 N–H and O–H groups in total. The molecule has 0 saturated heterocycles. The molecular weight excluding hydrogens is 322 g/mol. The maximum Gasteiger partial charge on any atom is 0.282 e. The van der Waals surface area contributed by atoms with Crippen molar-refractivity contribution in [3.63, 3.8) is 0 Å². The summed E-state index contributed by atoms with van der Waals surface area (Å²) in [6.45, 7) is 0.324. The van der Waals surface area contributed by atoms with Gasteiger partial charge in [0.15, 0.2) is 0 Å². The lowest BCUT2D eigenvalue weighted by Crippen LogP contribution is -2.34. The van der Waals surface area contributed by atoms with Crippen LogP contribution in [-0.2, 0) is 0 Å². The number of carbonyl (C=O) groups excluding carboxylic acids is 1. The highest BCUT2D eigenvalue weighted by Gasteiger charge is 2.22. The van der Waals surface area contributed by atoms with E-state index in [1.165, 1.54) is 25.3 Å². The normalized spacial score (nSPS) is 11.8. The number of nitrogens with zero attached hydrogens (tertiary/aromatic N) is 2. The second kappa shape index (κ2) is 8.25. The third-order valence-electron chi connectivity index (χ3n) is 3.91. The number of benzene rings is 2. The zero-order valence-corrected chi connectivity index (χ0v) is 14.4. The average molecular weight is 343 g/mol. The molecule has 0 saturated carbocycles. The van der Waals surface area contributed by atoms with Gasteiger partial charge in [-0.2, -0.15) is 0 Å². The number of rotatable bonds is 7. The van der Waals surface area contributed by atoms with E-state index in [1.807, 2.05) is 49.3 Å². The second-order valence-corrected chi connectivity index (χ2v) is 5.74.